The molecule has 6 heteroatoms. The average molecular weight is 290 g/mol. The minimum Gasteiger partial charge on any atom is -0.493 e. The molecule has 0 spiro atoms. The maximum absolute atomic E-state index is 12.0. The van der Waals surface area contributed by atoms with Crippen LogP contribution >= 0.6 is 0 Å². The van der Waals surface area contributed by atoms with Crippen LogP contribution in [0.2, 0.25) is 0 Å². The van der Waals surface area contributed by atoms with Crippen molar-refractivity contribution in [1.29, 1.82) is 0 Å². The first-order valence-corrected chi connectivity index (χ1v) is 6.44. The number of hydrogen-bond acceptors (Lipinski definition) is 5. The normalized spacial score (nSPS) is 10.2. The molecule has 0 atom stereocenters. The van der Waals surface area contributed by atoms with Gasteiger partial charge >= 0.3 is 0 Å². The van der Waals surface area contributed by atoms with E-state index in [-0.39, 0.29) is 12.5 Å². The molecule has 0 aliphatic rings. The number of carbonyl (C=O) groups excluding carboxylic acids is 1. The number of ether oxygens (including phenoxy) is 2. The summed E-state index contributed by atoms with van der Waals surface area (Å²) < 4.78 is 15.5. The zero-order valence-corrected chi connectivity index (χ0v) is 12.0. The summed E-state index contributed by atoms with van der Waals surface area (Å²) in [6, 6.07) is 7.11. The van der Waals surface area contributed by atoms with Crippen molar-refractivity contribution in [3.8, 4) is 11.5 Å². The van der Waals surface area contributed by atoms with Crippen LogP contribution in [0.5, 0.6) is 11.5 Å². The lowest BCUT2D eigenvalue weighted by Crippen LogP contribution is -2.22. The number of methoxy groups -OCH3 is 2. The second-order valence-electron chi connectivity index (χ2n) is 4.38. The first kappa shape index (κ1) is 14.9. The number of hydrogen-bond donors (Lipinski definition) is 2. The third-order valence-corrected chi connectivity index (χ3v) is 3.02. The molecule has 0 aliphatic carbocycles. The molecule has 0 bridgehead atoms. The van der Waals surface area contributed by atoms with E-state index in [1.165, 1.54) is 6.26 Å². The van der Waals surface area contributed by atoms with E-state index < -0.39 is 0 Å². The molecule has 0 radical (unpaired) electrons. The van der Waals surface area contributed by atoms with Crippen LogP contribution < -0.4 is 20.5 Å². The number of carbonyl (C=O) groups is 1. The minimum atomic E-state index is -0.215. The van der Waals surface area contributed by atoms with Crippen molar-refractivity contribution >= 4 is 5.91 Å². The van der Waals surface area contributed by atoms with E-state index in [1.807, 2.05) is 12.1 Å². The van der Waals surface area contributed by atoms with Crippen LogP contribution in [0, 0.1) is 0 Å². The fourth-order valence-corrected chi connectivity index (χ4v) is 1.88. The molecule has 1 amide bonds. The maximum atomic E-state index is 12.0. The summed E-state index contributed by atoms with van der Waals surface area (Å²) >= 11 is 0. The molecule has 2 rings (SSSR count). The molecule has 1 aromatic carbocycles. The third-order valence-electron chi connectivity index (χ3n) is 3.02. The van der Waals surface area contributed by atoms with Gasteiger partial charge in [0, 0.05) is 6.54 Å². The molecule has 0 aliphatic heterocycles. The number of furan rings is 1. The lowest BCUT2D eigenvalue weighted by molar-refractivity contribution is 0.0950. The molecule has 0 saturated heterocycles. The Hall–Kier alpha value is -2.47. The van der Waals surface area contributed by atoms with Crippen molar-refractivity contribution in [2.75, 3.05) is 14.2 Å². The van der Waals surface area contributed by atoms with Gasteiger partial charge in [0.2, 0.25) is 0 Å². The zero-order valence-electron chi connectivity index (χ0n) is 12.0. The largest absolute Gasteiger partial charge is 0.493 e. The minimum absolute atomic E-state index is 0.215. The number of rotatable bonds is 6. The summed E-state index contributed by atoms with van der Waals surface area (Å²) in [7, 11) is 3.15. The van der Waals surface area contributed by atoms with Crippen LogP contribution in [-0.2, 0) is 13.1 Å². The Morgan fingerprint density at radius 3 is 2.62 bits per heavy atom. The van der Waals surface area contributed by atoms with Gasteiger partial charge in [0.05, 0.1) is 26.3 Å². The standard InChI is InChI=1S/C15H18N2O4/c1-19-13-4-3-10(5-14(13)20-2)8-17-15(18)11-6-12(7-16)21-9-11/h3-6,9H,7-8,16H2,1-2H3,(H,17,18). The molecular weight excluding hydrogens is 272 g/mol. The predicted octanol–water partition coefficient (Wildman–Crippen LogP) is 1.69. The Morgan fingerprint density at radius 1 is 1.24 bits per heavy atom. The van der Waals surface area contributed by atoms with Crippen LogP contribution in [0.1, 0.15) is 21.7 Å². The van der Waals surface area contributed by atoms with E-state index in [2.05, 4.69) is 5.32 Å². The summed E-state index contributed by atoms with van der Waals surface area (Å²) in [6.07, 6.45) is 1.39. The second kappa shape index (κ2) is 6.81. The summed E-state index contributed by atoms with van der Waals surface area (Å²) in [5, 5.41) is 2.81. The van der Waals surface area contributed by atoms with Crippen molar-refractivity contribution in [1.82, 2.24) is 5.32 Å². The Labute approximate surface area is 122 Å². The number of benzene rings is 1. The van der Waals surface area contributed by atoms with Gasteiger partial charge in [0.1, 0.15) is 12.0 Å². The van der Waals surface area contributed by atoms with E-state index in [1.54, 1.807) is 26.4 Å². The number of nitrogens with one attached hydrogen (secondary N) is 1. The van der Waals surface area contributed by atoms with E-state index >= 15 is 0 Å². The summed E-state index contributed by atoms with van der Waals surface area (Å²) in [6.45, 7) is 0.644. The highest BCUT2D eigenvalue weighted by Gasteiger charge is 2.10. The van der Waals surface area contributed by atoms with Crippen molar-refractivity contribution in [2.24, 2.45) is 5.73 Å². The predicted molar refractivity (Wildman–Crippen MR) is 77.3 cm³/mol. The molecule has 0 fully saturated rings. The Morgan fingerprint density at radius 2 is 2.00 bits per heavy atom. The lowest BCUT2D eigenvalue weighted by Gasteiger charge is -2.10. The van der Waals surface area contributed by atoms with Crippen LogP contribution in [0.25, 0.3) is 0 Å². The Balaban J connectivity index is 2.00. The molecule has 3 N–H and O–H groups in total. The van der Waals surface area contributed by atoms with Crippen molar-refractivity contribution < 1.29 is 18.7 Å². The van der Waals surface area contributed by atoms with E-state index in [4.69, 9.17) is 19.6 Å². The van der Waals surface area contributed by atoms with Gasteiger partial charge in [-0.05, 0) is 23.8 Å². The number of nitrogens with two attached hydrogens (primary N) is 1. The highest BCUT2D eigenvalue weighted by molar-refractivity contribution is 5.93. The molecule has 0 unspecified atom stereocenters. The topological polar surface area (TPSA) is 86.7 Å². The molecule has 112 valence electrons. The quantitative estimate of drug-likeness (QED) is 0.845. The van der Waals surface area contributed by atoms with Gasteiger partial charge in [-0.1, -0.05) is 6.07 Å². The molecule has 0 saturated carbocycles. The van der Waals surface area contributed by atoms with Crippen molar-refractivity contribution in [3.63, 3.8) is 0 Å². The fraction of sp³-hybridized carbons (Fsp3) is 0.267. The molecule has 21 heavy (non-hydrogen) atoms. The summed E-state index contributed by atoms with van der Waals surface area (Å²) in [5.41, 5.74) is 6.80. The van der Waals surface area contributed by atoms with E-state index in [0.717, 1.165) is 5.56 Å². The van der Waals surface area contributed by atoms with Crippen LogP contribution in [0.4, 0.5) is 0 Å². The highest BCUT2D eigenvalue weighted by atomic mass is 16.5. The third kappa shape index (κ3) is 3.55. The van der Waals surface area contributed by atoms with Gasteiger partial charge in [0.25, 0.3) is 5.91 Å². The van der Waals surface area contributed by atoms with E-state index in [9.17, 15) is 4.79 Å². The average Bonchev–Trinajstić information content (AvgIpc) is 3.01. The molecule has 1 heterocycles. The van der Waals surface area contributed by atoms with Gasteiger partial charge in [-0.15, -0.1) is 0 Å². The summed E-state index contributed by atoms with van der Waals surface area (Å²) in [4.78, 5) is 12.0. The van der Waals surface area contributed by atoms with Crippen LogP contribution in [-0.4, -0.2) is 20.1 Å². The van der Waals surface area contributed by atoms with Crippen molar-refractivity contribution in [3.05, 3.63) is 47.4 Å². The van der Waals surface area contributed by atoms with Gasteiger partial charge < -0.3 is 24.9 Å². The maximum Gasteiger partial charge on any atom is 0.254 e. The first-order chi connectivity index (χ1) is 10.2. The number of amides is 1. The van der Waals surface area contributed by atoms with Gasteiger partial charge in [0.15, 0.2) is 11.5 Å². The van der Waals surface area contributed by atoms with Gasteiger partial charge in [-0.3, -0.25) is 4.79 Å². The van der Waals surface area contributed by atoms with Crippen LogP contribution in [0.15, 0.2) is 34.9 Å². The zero-order chi connectivity index (χ0) is 15.2. The lowest BCUT2D eigenvalue weighted by atomic mass is 10.2. The van der Waals surface area contributed by atoms with Crippen molar-refractivity contribution in [2.45, 2.75) is 13.1 Å². The van der Waals surface area contributed by atoms with Gasteiger partial charge in [-0.2, -0.15) is 0 Å². The van der Waals surface area contributed by atoms with Gasteiger partial charge in [-0.25, -0.2) is 0 Å². The second-order valence-corrected chi connectivity index (χ2v) is 4.38. The SMILES string of the molecule is COc1ccc(CNC(=O)c2coc(CN)c2)cc1OC. The highest BCUT2D eigenvalue weighted by Crippen LogP contribution is 2.27. The van der Waals surface area contributed by atoms with Crippen LogP contribution in [0.3, 0.4) is 0 Å². The Bertz CT molecular complexity index is 622. The van der Waals surface area contributed by atoms with E-state index in [0.29, 0.717) is 29.4 Å². The first-order valence-electron chi connectivity index (χ1n) is 6.44. The monoisotopic (exact) mass is 290 g/mol. The Kier molecular flexibility index (Phi) is 4.84. The fourth-order valence-electron chi connectivity index (χ4n) is 1.88. The molecule has 1 aromatic heterocycles. The smallest absolute Gasteiger partial charge is 0.254 e. The summed E-state index contributed by atoms with van der Waals surface area (Å²) in [5.74, 6) is 1.63. The molecule has 6 nitrogen and oxygen atoms in total. The molecular formula is C15H18N2O4. The molecule has 2 aromatic rings.